The van der Waals surface area contributed by atoms with Gasteiger partial charge in [-0.25, -0.2) is 4.79 Å². The first-order chi connectivity index (χ1) is 12.0. The van der Waals surface area contributed by atoms with Crippen molar-refractivity contribution in [1.82, 2.24) is 4.57 Å². The van der Waals surface area contributed by atoms with Gasteiger partial charge in [-0.1, -0.05) is 23.2 Å². The molecule has 0 aliphatic heterocycles. The highest BCUT2D eigenvalue weighted by molar-refractivity contribution is 6.36. The number of ether oxygens (including phenoxy) is 3. The minimum absolute atomic E-state index is 0.353. The lowest BCUT2D eigenvalue weighted by Gasteiger charge is -2.11. The van der Waals surface area contributed by atoms with Gasteiger partial charge in [0.1, 0.15) is 11.3 Å². The molecule has 1 heterocycles. The van der Waals surface area contributed by atoms with Crippen LogP contribution in [0.4, 0.5) is 0 Å². The number of nitrogens with zero attached hydrogens (tertiary/aromatic N) is 1. The Labute approximate surface area is 154 Å². The Morgan fingerprint density at radius 2 is 1.64 bits per heavy atom. The van der Waals surface area contributed by atoms with Gasteiger partial charge >= 0.3 is 5.97 Å². The summed E-state index contributed by atoms with van der Waals surface area (Å²) in [5.74, 6) is 0.481. The standard InChI is InChI=1S/C18H15Cl2NO4/c1-23-16-5-11-9-21(8-10(11)4-13(16)18(22)25-3)15-7-12(19)6-14(20)17(15)24-2/h4-9H,1-3H3. The van der Waals surface area contributed by atoms with Crippen molar-refractivity contribution >= 4 is 39.9 Å². The summed E-state index contributed by atoms with van der Waals surface area (Å²) in [4.78, 5) is 11.9. The van der Waals surface area contributed by atoms with Gasteiger partial charge < -0.3 is 18.8 Å². The van der Waals surface area contributed by atoms with Crippen molar-refractivity contribution in [2.75, 3.05) is 21.3 Å². The van der Waals surface area contributed by atoms with Gasteiger partial charge in [-0.05, 0) is 24.3 Å². The molecule has 0 aliphatic carbocycles. The maximum Gasteiger partial charge on any atom is 0.341 e. The lowest BCUT2D eigenvalue weighted by molar-refractivity contribution is 0.0597. The van der Waals surface area contributed by atoms with E-state index in [4.69, 9.17) is 37.4 Å². The molecule has 0 N–H and O–H groups in total. The van der Waals surface area contributed by atoms with E-state index in [0.717, 1.165) is 10.8 Å². The molecule has 3 rings (SSSR count). The van der Waals surface area contributed by atoms with E-state index in [2.05, 4.69) is 0 Å². The number of rotatable bonds is 4. The Balaban J connectivity index is 2.22. The highest BCUT2D eigenvalue weighted by Crippen LogP contribution is 2.36. The highest BCUT2D eigenvalue weighted by Gasteiger charge is 2.17. The van der Waals surface area contributed by atoms with Crippen LogP contribution in [0.1, 0.15) is 10.4 Å². The number of aromatic nitrogens is 1. The van der Waals surface area contributed by atoms with Gasteiger partial charge in [0.05, 0.1) is 32.0 Å². The molecule has 25 heavy (non-hydrogen) atoms. The summed E-state index contributed by atoms with van der Waals surface area (Å²) in [5.41, 5.74) is 1.04. The van der Waals surface area contributed by atoms with Gasteiger partial charge in [0.15, 0.2) is 5.75 Å². The minimum atomic E-state index is -0.463. The molecule has 2 aromatic carbocycles. The average Bonchev–Trinajstić information content (AvgIpc) is 3.02. The van der Waals surface area contributed by atoms with Gasteiger partial charge in [-0.2, -0.15) is 0 Å². The third-order valence-electron chi connectivity index (χ3n) is 3.84. The Bertz CT molecular complexity index is 965. The van der Waals surface area contributed by atoms with E-state index in [0.29, 0.717) is 32.8 Å². The fourth-order valence-corrected chi connectivity index (χ4v) is 3.25. The molecule has 0 fully saturated rings. The first kappa shape index (κ1) is 17.5. The SMILES string of the molecule is COC(=O)c1cc2cn(-c3cc(Cl)cc(Cl)c3OC)cc2cc1OC. The lowest BCUT2D eigenvalue weighted by atomic mass is 10.1. The molecule has 3 aromatic rings. The van der Waals surface area contributed by atoms with Crippen LogP contribution < -0.4 is 9.47 Å². The van der Waals surface area contributed by atoms with E-state index < -0.39 is 5.97 Å². The van der Waals surface area contributed by atoms with Gasteiger partial charge in [-0.15, -0.1) is 0 Å². The Morgan fingerprint density at radius 1 is 0.960 bits per heavy atom. The molecule has 0 bridgehead atoms. The monoisotopic (exact) mass is 379 g/mol. The van der Waals surface area contributed by atoms with Gasteiger partial charge in [0, 0.05) is 28.2 Å². The van der Waals surface area contributed by atoms with Crippen LogP contribution in [-0.4, -0.2) is 31.9 Å². The Morgan fingerprint density at radius 3 is 2.24 bits per heavy atom. The van der Waals surface area contributed by atoms with Crippen molar-refractivity contribution in [1.29, 1.82) is 0 Å². The maximum absolute atomic E-state index is 11.9. The van der Waals surface area contributed by atoms with Gasteiger partial charge in [-0.3, -0.25) is 0 Å². The molecule has 0 atom stereocenters. The molecule has 7 heteroatoms. The fourth-order valence-electron chi connectivity index (χ4n) is 2.69. The summed E-state index contributed by atoms with van der Waals surface area (Å²) in [6.07, 6.45) is 3.73. The van der Waals surface area contributed by atoms with Crippen LogP contribution in [-0.2, 0) is 4.74 Å². The second kappa shape index (κ2) is 6.86. The molecule has 0 aliphatic rings. The molecular weight excluding hydrogens is 365 g/mol. The molecule has 0 spiro atoms. The maximum atomic E-state index is 11.9. The Hall–Kier alpha value is -2.37. The van der Waals surface area contributed by atoms with Crippen LogP contribution in [0.3, 0.4) is 0 Å². The number of methoxy groups -OCH3 is 3. The third kappa shape index (κ3) is 3.13. The van der Waals surface area contributed by atoms with Crippen molar-refractivity contribution < 1.29 is 19.0 Å². The first-order valence-corrected chi connectivity index (χ1v) is 8.05. The van der Waals surface area contributed by atoms with Crippen LogP contribution in [0.2, 0.25) is 10.0 Å². The Kier molecular flexibility index (Phi) is 4.79. The minimum Gasteiger partial charge on any atom is -0.496 e. The van der Waals surface area contributed by atoms with Crippen LogP contribution in [0, 0.1) is 0 Å². The van der Waals surface area contributed by atoms with Crippen molar-refractivity contribution in [2.45, 2.75) is 0 Å². The number of halogens is 2. The van der Waals surface area contributed by atoms with Crippen molar-refractivity contribution in [2.24, 2.45) is 0 Å². The second-order valence-electron chi connectivity index (χ2n) is 5.28. The summed E-state index contributed by atoms with van der Waals surface area (Å²) >= 11 is 12.3. The zero-order chi connectivity index (χ0) is 18.1. The predicted molar refractivity (Wildman–Crippen MR) is 97.7 cm³/mol. The summed E-state index contributed by atoms with van der Waals surface area (Å²) < 4.78 is 17.3. The summed E-state index contributed by atoms with van der Waals surface area (Å²) in [5, 5.41) is 2.61. The molecule has 130 valence electrons. The normalized spacial score (nSPS) is 10.8. The van der Waals surface area contributed by atoms with E-state index in [9.17, 15) is 4.79 Å². The van der Waals surface area contributed by atoms with Crippen molar-refractivity contribution in [3.8, 4) is 17.2 Å². The van der Waals surface area contributed by atoms with Crippen LogP contribution in [0.15, 0.2) is 36.7 Å². The number of fused-ring (bicyclic) bond motifs is 1. The first-order valence-electron chi connectivity index (χ1n) is 7.30. The topological polar surface area (TPSA) is 49.7 Å². The number of carbonyl (C=O) groups is 1. The molecule has 0 saturated heterocycles. The third-order valence-corrected chi connectivity index (χ3v) is 4.34. The average molecular weight is 380 g/mol. The molecule has 0 saturated carbocycles. The highest BCUT2D eigenvalue weighted by atomic mass is 35.5. The van der Waals surface area contributed by atoms with Gasteiger partial charge in [0.2, 0.25) is 0 Å². The van der Waals surface area contributed by atoms with Crippen molar-refractivity contribution in [3.05, 3.63) is 52.3 Å². The molecule has 5 nitrogen and oxygen atoms in total. The number of carbonyl (C=O) groups excluding carboxylic acids is 1. The molecule has 0 radical (unpaired) electrons. The van der Waals surface area contributed by atoms with E-state index >= 15 is 0 Å². The number of esters is 1. The predicted octanol–water partition coefficient (Wildman–Crippen LogP) is 4.74. The smallest absolute Gasteiger partial charge is 0.341 e. The van der Waals surface area contributed by atoms with E-state index in [1.807, 2.05) is 17.0 Å². The van der Waals surface area contributed by atoms with Crippen LogP contribution in [0.25, 0.3) is 16.5 Å². The van der Waals surface area contributed by atoms with Gasteiger partial charge in [0.25, 0.3) is 0 Å². The second-order valence-corrected chi connectivity index (χ2v) is 6.12. The number of hydrogen-bond acceptors (Lipinski definition) is 4. The van der Waals surface area contributed by atoms with E-state index in [1.165, 1.54) is 14.2 Å². The largest absolute Gasteiger partial charge is 0.496 e. The fraction of sp³-hybridized carbons (Fsp3) is 0.167. The van der Waals surface area contributed by atoms with E-state index in [-0.39, 0.29) is 0 Å². The van der Waals surface area contributed by atoms with Crippen LogP contribution >= 0.6 is 23.2 Å². The molecule has 0 amide bonds. The molecular formula is C18H15Cl2NO4. The van der Waals surface area contributed by atoms with Crippen molar-refractivity contribution in [3.63, 3.8) is 0 Å². The summed E-state index contributed by atoms with van der Waals surface area (Å²) in [6, 6.07) is 6.86. The lowest BCUT2D eigenvalue weighted by Crippen LogP contribution is -2.03. The summed E-state index contributed by atoms with van der Waals surface area (Å²) in [7, 11) is 4.38. The quantitative estimate of drug-likeness (QED) is 0.614. The molecule has 1 aromatic heterocycles. The number of hydrogen-bond donors (Lipinski definition) is 0. The zero-order valence-corrected chi connectivity index (χ0v) is 15.3. The number of benzene rings is 2. The van der Waals surface area contributed by atoms with E-state index in [1.54, 1.807) is 31.4 Å². The zero-order valence-electron chi connectivity index (χ0n) is 13.8. The van der Waals surface area contributed by atoms with Crippen LogP contribution in [0.5, 0.6) is 11.5 Å². The summed E-state index contributed by atoms with van der Waals surface area (Å²) in [6.45, 7) is 0. The molecule has 0 unspecified atom stereocenters.